The van der Waals surface area contributed by atoms with E-state index in [4.69, 9.17) is 0 Å². The fourth-order valence-electron chi connectivity index (χ4n) is 1.48. The van der Waals surface area contributed by atoms with Crippen molar-refractivity contribution in [2.24, 2.45) is 0 Å². The molecule has 0 aromatic carbocycles. The molecular weight excluding hydrogens is 222 g/mol. The van der Waals surface area contributed by atoms with Gasteiger partial charge in [0.05, 0.1) is 0 Å². The quantitative estimate of drug-likeness (QED) is 0.769. The average Bonchev–Trinajstić information content (AvgIpc) is 2.30. The Morgan fingerprint density at radius 3 is 2.41 bits per heavy atom. The number of nitrogens with one attached hydrogen (secondary N) is 1. The van der Waals surface area contributed by atoms with Crippen LogP contribution < -0.4 is 16.8 Å². The Morgan fingerprint density at radius 2 is 1.71 bits per heavy atom. The first kappa shape index (κ1) is 11.1. The van der Waals surface area contributed by atoms with Gasteiger partial charge in [0.15, 0.2) is 0 Å². The Morgan fingerprint density at radius 1 is 0.941 bits per heavy atom. The zero-order valence-electron chi connectivity index (χ0n) is 9.00. The first-order valence-corrected chi connectivity index (χ1v) is 5.12. The van der Waals surface area contributed by atoms with Crippen LogP contribution in [0.4, 0.5) is 0 Å². The summed E-state index contributed by atoms with van der Waals surface area (Å²) in [6.07, 6.45) is 3.06. The van der Waals surface area contributed by atoms with E-state index >= 15 is 0 Å². The van der Waals surface area contributed by atoms with Crippen molar-refractivity contribution in [1.29, 1.82) is 0 Å². The highest BCUT2D eigenvalue weighted by molar-refractivity contribution is 4.93. The molecule has 1 N–H and O–H groups in total. The number of rotatable bonds is 3. The largest absolute Gasteiger partial charge is 0.328 e. The average molecular weight is 233 g/mol. The highest BCUT2D eigenvalue weighted by atomic mass is 16.2. The van der Waals surface area contributed by atoms with Crippen molar-refractivity contribution in [2.75, 3.05) is 0 Å². The van der Waals surface area contributed by atoms with Crippen molar-refractivity contribution in [3.05, 3.63) is 67.9 Å². The highest BCUT2D eigenvalue weighted by Gasteiger charge is 1.98. The summed E-state index contributed by atoms with van der Waals surface area (Å²) >= 11 is 0. The van der Waals surface area contributed by atoms with Crippen LogP contribution in [0, 0.1) is 0 Å². The first-order chi connectivity index (χ1) is 8.16. The fourth-order valence-corrected chi connectivity index (χ4v) is 1.48. The van der Waals surface area contributed by atoms with Gasteiger partial charge in [0.2, 0.25) is 0 Å². The number of aromatic nitrogens is 3. The zero-order valence-corrected chi connectivity index (χ0v) is 9.00. The van der Waals surface area contributed by atoms with Gasteiger partial charge < -0.3 is 4.57 Å². The summed E-state index contributed by atoms with van der Waals surface area (Å²) in [7, 11) is 0. The van der Waals surface area contributed by atoms with Crippen LogP contribution in [-0.4, -0.2) is 14.1 Å². The van der Waals surface area contributed by atoms with E-state index in [2.05, 4.69) is 4.98 Å². The predicted molar refractivity (Wildman–Crippen MR) is 62.0 cm³/mol. The molecule has 17 heavy (non-hydrogen) atoms. The van der Waals surface area contributed by atoms with Crippen LogP contribution in [0.2, 0.25) is 0 Å². The van der Waals surface area contributed by atoms with Crippen LogP contribution in [0.1, 0.15) is 0 Å². The molecule has 2 heterocycles. The summed E-state index contributed by atoms with van der Waals surface area (Å²) < 4.78 is 2.85. The fraction of sp³-hybridized carbons (Fsp3) is 0.182. The van der Waals surface area contributed by atoms with Gasteiger partial charge in [0.25, 0.3) is 11.1 Å². The van der Waals surface area contributed by atoms with Gasteiger partial charge in [0.1, 0.15) is 0 Å². The van der Waals surface area contributed by atoms with Gasteiger partial charge in [-0.15, -0.1) is 0 Å². The molecule has 2 rings (SSSR count). The molecule has 0 aliphatic carbocycles. The molecule has 0 aliphatic heterocycles. The number of nitrogens with zero attached hydrogens (tertiary/aromatic N) is 2. The summed E-state index contributed by atoms with van der Waals surface area (Å²) in [5.74, 6) is 0. The topological polar surface area (TPSA) is 76.9 Å². The molecule has 6 nitrogen and oxygen atoms in total. The maximum atomic E-state index is 11.4. The van der Waals surface area contributed by atoms with E-state index < -0.39 is 11.2 Å². The summed E-state index contributed by atoms with van der Waals surface area (Å²) in [6, 6.07) is 6.13. The first-order valence-electron chi connectivity index (χ1n) is 5.12. The molecule has 88 valence electrons. The molecule has 0 spiro atoms. The maximum Gasteiger partial charge on any atom is 0.328 e. The molecule has 0 radical (unpaired) electrons. The normalized spacial score (nSPS) is 10.4. The third-order valence-corrected chi connectivity index (χ3v) is 2.38. The van der Waals surface area contributed by atoms with Crippen LogP contribution in [0.25, 0.3) is 0 Å². The Labute approximate surface area is 95.8 Å². The highest BCUT2D eigenvalue weighted by Crippen LogP contribution is 1.85. The lowest BCUT2D eigenvalue weighted by Gasteiger charge is -2.06. The van der Waals surface area contributed by atoms with E-state index in [1.807, 2.05) is 0 Å². The van der Waals surface area contributed by atoms with E-state index in [9.17, 15) is 14.4 Å². The molecule has 2 aromatic heterocycles. The second kappa shape index (κ2) is 4.65. The lowest BCUT2D eigenvalue weighted by Crippen LogP contribution is -2.31. The van der Waals surface area contributed by atoms with E-state index in [0.29, 0.717) is 13.1 Å². The van der Waals surface area contributed by atoms with Gasteiger partial charge >= 0.3 is 5.69 Å². The number of H-pyrrole nitrogens is 1. The van der Waals surface area contributed by atoms with Crippen molar-refractivity contribution in [3.8, 4) is 0 Å². The summed E-state index contributed by atoms with van der Waals surface area (Å²) in [5, 5.41) is 0. The third kappa shape index (κ3) is 2.60. The number of aryl methyl sites for hydroxylation is 2. The monoisotopic (exact) mass is 233 g/mol. The second-order valence-electron chi connectivity index (χ2n) is 3.54. The Hall–Kier alpha value is -2.37. The van der Waals surface area contributed by atoms with Crippen LogP contribution in [0.5, 0.6) is 0 Å². The minimum atomic E-state index is -0.471. The van der Waals surface area contributed by atoms with Crippen molar-refractivity contribution in [2.45, 2.75) is 13.1 Å². The van der Waals surface area contributed by atoms with E-state index in [0.717, 1.165) is 0 Å². The van der Waals surface area contributed by atoms with Crippen molar-refractivity contribution in [1.82, 2.24) is 14.1 Å². The summed E-state index contributed by atoms with van der Waals surface area (Å²) in [4.78, 5) is 35.8. The molecular formula is C11H11N3O3. The van der Waals surface area contributed by atoms with Gasteiger partial charge in [-0.3, -0.25) is 19.1 Å². The third-order valence-electron chi connectivity index (χ3n) is 2.38. The lowest BCUT2D eigenvalue weighted by molar-refractivity contribution is 0.543. The molecule has 2 aromatic rings. The predicted octanol–water partition coefficient (Wildman–Crippen LogP) is -0.601. The van der Waals surface area contributed by atoms with Crippen LogP contribution >= 0.6 is 0 Å². The molecule has 0 aliphatic rings. The Kier molecular flexibility index (Phi) is 3.04. The van der Waals surface area contributed by atoms with E-state index in [-0.39, 0.29) is 5.56 Å². The maximum absolute atomic E-state index is 11.4. The molecule has 0 atom stereocenters. The van der Waals surface area contributed by atoms with Gasteiger partial charge in [-0.2, -0.15) is 0 Å². The smallest absolute Gasteiger partial charge is 0.314 e. The molecule has 6 heteroatoms. The van der Waals surface area contributed by atoms with Gasteiger partial charge in [-0.25, -0.2) is 4.79 Å². The van der Waals surface area contributed by atoms with E-state index in [1.165, 1.54) is 27.5 Å². The number of hydrogen-bond acceptors (Lipinski definition) is 3. The molecule has 0 saturated heterocycles. The molecule has 0 amide bonds. The summed E-state index contributed by atoms with van der Waals surface area (Å²) in [5.41, 5.74) is -1.02. The standard InChI is InChI=1S/C11H11N3O3/c15-9-4-6-14(11(17)12-9)8-7-13-5-2-1-3-10(13)16/h1-6H,7-8H2,(H,12,15,17). The lowest BCUT2D eigenvalue weighted by atomic mass is 10.4. The molecule has 0 bridgehead atoms. The molecule has 0 saturated carbocycles. The summed E-state index contributed by atoms with van der Waals surface area (Å²) in [6.45, 7) is 0.713. The molecule has 0 unspecified atom stereocenters. The van der Waals surface area contributed by atoms with Crippen LogP contribution in [0.3, 0.4) is 0 Å². The minimum absolute atomic E-state index is 0.120. The minimum Gasteiger partial charge on any atom is -0.314 e. The van der Waals surface area contributed by atoms with Gasteiger partial charge in [0, 0.05) is 37.6 Å². The van der Waals surface area contributed by atoms with Crippen molar-refractivity contribution >= 4 is 0 Å². The van der Waals surface area contributed by atoms with Gasteiger partial charge in [-0.1, -0.05) is 6.07 Å². The van der Waals surface area contributed by atoms with Crippen molar-refractivity contribution < 1.29 is 0 Å². The zero-order chi connectivity index (χ0) is 12.3. The number of aromatic amines is 1. The SMILES string of the molecule is O=c1ccn(CCn2ccccc2=O)c(=O)[nH]1. The van der Waals surface area contributed by atoms with Gasteiger partial charge in [-0.05, 0) is 6.07 Å². The number of hydrogen-bond donors (Lipinski definition) is 1. The molecule has 0 fully saturated rings. The number of pyridine rings is 1. The Bertz CT molecular complexity index is 681. The van der Waals surface area contributed by atoms with Crippen LogP contribution in [0.15, 0.2) is 51.0 Å². The van der Waals surface area contributed by atoms with E-state index in [1.54, 1.807) is 18.3 Å². The van der Waals surface area contributed by atoms with Crippen molar-refractivity contribution in [3.63, 3.8) is 0 Å². The second-order valence-corrected chi connectivity index (χ2v) is 3.54. The Balaban J connectivity index is 2.19. The van der Waals surface area contributed by atoms with Crippen LogP contribution in [-0.2, 0) is 13.1 Å².